The summed E-state index contributed by atoms with van der Waals surface area (Å²) >= 11 is 1.89. The van der Waals surface area contributed by atoms with Gasteiger partial charge in [-0.2, -0.15) is 11.8 Å². The van der Waals surface area contributed by atoms with Crippen LogP contribution in [0.5, 0.6) is 0 Å². The highest BCUT2D eigenvalue weighted by molar-refractivity contribution is 7.98. The Labute approximate surface area is 167 Å². The lowest BCUT2D eigenvalue weighted by Crippen LogP contribution is -2.37. The fraction of sp³-hybridized carbons (Fsp3) is 0.600. The number of aliphatic imine (C=N–C) groups is 1. The molecule has 1 aliphatic rings. The van der Waals surface area contributed by atoms with Crippen LogP contribution in [-0.2, 0) is 6.54 Å². The molecule has 1 aromatic rings. The Hall–Kier alpha value is -1.89. The molecule has 6 nitrogen and oxygen atoms in total. The Morgan fingerprint density at radius 1 is 1.22 bits per heavy atom. The van der Waals surface area contributed by atoms with Gasteiger partial charge >= 0.3 is 6.03 Å². The van der Waals surface area contributed by atoms with Crippen molar-refractivity contribution in [2.45, 2.75) is 39.2 Å². The molecule has 0 aliphatic carbocycles. The first-order chi connectivity index (χ1) is 13.2. The average Bonchev–Trinajstić information content (AvgIpc) is 3.21. The van der Waals surface area contributed by atoms with Crippen LogP contribution in [0, 0.1) is 0 Å². The molecule has 0 saturated carbocycles. The molecule has 1 heterocycles. The highest BCUT2D eigenvalue weighted by Gasteiger charge is 2.17. The van der Waals surface area contributed by atoms with Crippen LogP contribution in [0.1, 0.15) is 38.2 Å². The molecule has 1 fully saturated rings. The van der Waals surface area contributed by atoms with Crippen molar-refractivity contribution in [2.75, 3.05) is 43.5 Å². The number of hydrogen-bond donors (Lipinski definition) is 3. The monoisotopic (exact) mass is 391 g/mol. The van der Waals surface area contributed by atoms with Crippen LogP contribution >= 0.6 is 11.8 Å². The molecule has 2 rings (SSSR count). The molecule has 0 unspecified atom stereocenters. The van der Waals surface area contributed by atoms with Gasteiger partial charge in [0, 0.05) is 31.9 Å². The fourth-order valence-electron chi connectivity index (χ4n) is 2.96. The molecular formula is C20H33N5OS. The number of urea groups is 1. The number of carbonyl (C=O) groups excluding carboxylic acids is 1. The van der Waals surface area contributed by atoms with E-state index in [1.807, 2.05) is 40.9 Å². The largest absolute Gasteiger partial charge is 0.357 e. The summed E-state index contributed by atoms with van der Waals surface area (Å²) in [4.78, 5) is 18.8. The van der Waals surface area contributed by atoms with E-state index in [2.05, 4.69) is 34.1 Å². The van der Waals surface area contributed by atoms with Crippen molar-refractivity contribution >= 4 is 29.4 Å². The van der Waals surface area contributed by atoms with Gasteiger partial charge in [0.25, 0.3) is 0 Å². The maximum Gasteiger partial charge on any atom is 0.321 e. The summed E-state index contributed by atoms with van der Waals surface area (Å²) in [6, 6.07) is 7.92. The van der Waals surface area contributed by atoms with E-state index in [4.69, 9.17) is 0 Å². The van der Waals surface area contributed by atoms with Gasteiger partial charge in [-0.3, -0.25) is 0 Å². The highest BCUT2D eigenvalue weighted by atomic mass is 32.2. The van der Waals surface area contributed by atoms with Crippen LogP contribution in [-0.4, -0.2) is 55.1 Å². The molecule has 1 saturated heterocycles. The minimum Gasteiger partial charge on any atom is -0.357 e. The van der Waals surface area contributed by atoms with Gasteiger partial charge in [-0.1, -0.05) is 12.1 Å². The summed E-state index contributed by atoms with van der Waals surface area (Å²) in [5, 5.41) is 9.67. The number of rotatable bonds is 9. The average molecular weight is 392 g/mol. The lowest BCUT2D eigenvalue weighted by atomic mass is 10.2. The molecule has 7 heteroatoms. The molecule has 1 aliphatic heterocycles. The van der Waals surface area contributed by atoms with Crippen molar-refractivity contribution in [2.24, 2.45) is 4.99 Å². The van der Waals surface area contributed by atoms with Gasteiger partial charge in [-0.05, 0) is 62.3 Å². The molecule has 1 aromatic carbocycles. The van der Waals surface area contributed by atoms with Crippen molar-refractivity contribution in [3.63, 3.8) is 0 Å². The molecule has 0 atom stereocenters. The SMILES string of the molecule is CCNC(=NCc1cccc(NC(=O)N2CCCC2)c1)NCCCCSC. The number of anilines is 1. The normalized spacial score (nSPS) is 14.3. The molecule has 0 bridgehead atoms. The van der Waals surface area contributed by atoms with Crippen molar-refractivity contribution < 1.29 is 4.79 Å². The Bertz CT molecular complexity index is 602. The summed E-state index contributed by atoms with van der Waals surface area (Å²) < 4.78 is 0. The lowest BCUT2D eigenvalue weighted by Gasteiger charge is -2.16. The quantitative estimate of drug-likeness (QED) is 0.342. The zero-order valence-corrected chi connectivity index (χ0v) is 17.4. The van der Waals surface area contributed by atoms with E-state index in [1.165, 1.54) is 12.2 Å². The van der Waals surface area contributed by atoms with E-state index in [9.17, 15) is 4.79 Å². The number of unbranched alkanes of at least 4 members (excludes halogenated alkanes) is 1. The third-order valence-electron chi connectivity index (χ3n) is 4.40. The molecule has 0 radical (unpaired) electrons. The van der Waals surface area contributed by atoms with Crippen LogP contribution in [0.3, 0.4) is 0 Å². The first-order valence-corrected chi connectivity index (χ1v) is 11.3. The topological polar surface area (TPSA) is 68.8 Å². The maximum absolute atomic E-state index is 12.2. The van der Waals surface area contributed by atoms with E-state index < -0.39 is 0 Å². The third kappa shape index (κ3) is 8.12. The summed E-state index contributed by atoms with van der Waals surface area (Å²) in [7, 11) is 0. The summed E-state index contributed by atoms with van der Waals surface area (Å²) in [6.07, 6.45) is 6.69. The van der Waals surface area contributed by atoms with Gasteiger partial charge in [0.05, 0.1) is 6.54 Å². The molecule has 0 spiro atoms. The van der Waals surface area contributed by atoms with Gasteiger partial charge in [-0.25, -0.2) is 9.79 Å². The van der Waals surface area contributed by atoms with Gasteiger partial charge < -0.3 is 20.9 Å². The molecular weight excluding hydrogens is 358 g/mol. The number of thioether (sulfide) groups is 1. The lowest BCUT2D eigenvalue weighted by molar-refractivity contribution is 0.222. The van der Waals surface area contributed by atoms with Gasteiger partial charge in [0.2, 0.25) is 0 Å². The highest BCUT2D eigenvalue weighted by Crippen LogP contribution is 2.14. The first kappa shape index (κ1) is 21.4. The predicted molar refractivity (Wildman–Crippen MR) is 117 cm³/mol. The minimum atomic E-state index is -0.00611. The van der Waals surface area contributed by atoms with Crippen molar-refractivity contribution in [1.29, 1.82) is 0 Å². The Morgan fingerprint density at radius 3 is 2.78 bits per heavy atom. The predicted octanol–water partition coefficient (Wildman–Crippen LogP) is 3.51. The van der Waals surface area contributed by atoms with Crippen molar-refractivity contribution in [3.8, 4) is 0 Å². The number of nitrogens with one attached hydrogen (secondary N) is 3. The van der Waals surface area contributed by atoms with Gasteiger partial charge in [0.15, 0.2) is 5.96 Å². The van der Waals surface area contributed by atoms with Crippen molar-refractivity contribution in [1.82, 2.24) is 15.5 Å². The number of nitrogens with zero attached hydrogens (tertiary/aromatic N) is 2. The second kappa shape index (κ2) is 12.5. The number of amides is 2. The number of carbonyl (C=O) groups is 1. The summed E-state index contributed by atoms with van der Waals surface area (Å²) in [5.41, 5.74) is 1.91. The maximum atomic E-state index is 12.2. The van der Waals surface area contributed by atoms with Gasteiger partial charge in [-0.15, -0.1) is 0 Å². The number of guanidine groups is 1. The number of hydrogen-bond acceptors (Lipinski definition) is 3. The zero-order valence-electron chi connectivity index (χ0n) is 16.6. The Morgan fingerprint density at radius 2 is 2.04 bits per heavy atom. The van der Waals surface area contributed by atoms with E-state index in [0.717, 1.165) is 62.7 Å². The van der Waals surface area contributed by atoms with Crippen LogP contribution < -0.4 is 16.0 Å². The van der Waals surface area contributed by atoms with E-state index >= 15 is 0 Å². The van der Waals surface area contributed by atoms with E-state index in [-0.39, 0.29) is 6.03 Å². The summed E-state index contributed by atoms with van der Waals surface area (Å²) in [5.74, 6) is 2.04. The first-order valence-electron chi connectivity index (χ1n) is 9.89. The van der Waals surface area contributed by atoms with E-state index in [0.29, 0.717) is 6.54 Å². The second-order valence-corrected chi connectivity index (χ2v) is 7.63. The van der Waals surface area contributed by atoms with Crippen LogP contribution in [0.25, 0.3) is 0 Å². The third-order valence-corrected chi connectivity index (χ3v) is 5.10. The standard InChI is InChI=1S/C20H33N5OS/c1-3-21-19(22-11-4-7-14-27-2)23-16-17-9-8-10-18(15-17)24-20(26)25-12-5-6-13-25/h8-10,15H,3-7,11-14,16H2,1-2H3,(H,24,26)(H2,21,22,23). The van der Waals surface area contributed by atoms with Gasteiger partial charge in [0.1, 0.15) is 0 Å². The molecule has 0 aromatic heterocycles. The van der Waals surface area contributed by atoms with Crippen LogP contribution in [0.2, 0.25) is 0 Å². The van der Waals surface area contributed by atoms with Crippen molar-refractivity contribution in [3.05, 3.63) is 29.8 Å². The summed E-state index contributed by atoms with van der Waals surface area (Å²) in [6.45, 7) is 6.11. The fourth-order valence-corrected chi connectivity index (χ4v) is 3.45. The molecule has 2 amide bonds. The second-order valence-electron chi connectivity index (χ2n) is 6.65. The van der Waals surface area contributed by atoms with E-state index in [1.54, 1.807) is 0 Å². The Balaban J connectivity index is 1.86. The molecule has 27 heavy (non-hydrogen) atoms. The number of benzene rings is 1. The zero-order chi connectivity index (χ0) is 19.3. The number of likely N-dealkylation sites (tertiary alicyclic amines) is 1. The molecule has 150 valence electrons. The van der Waals surface area contributed by atoms with Crippen LogP contribution in [0.15, 0.2) is 29.3 Å². The molecule has 3 N–H and O–H groups in total. The van der Waals surface area contributed by atoms with Crippen LogP contribution in [0.4, 0.5) is 10.5 Å². The Kier molecular flexibility index (Phi) is 9.90. The minimum absolute atomic E-state index is 0.00611. The smallest absolute Gasteiger partial charge is 0.321 e.